The van der Waals surface area contributed by atoms with Crippen LogP contribution in [0.3, 0.4) is 0 Å². The van der Waals surface area contributed by atoms with E-state index in [-0.39, 0.29) is 35.1 Å². The molecule has 0 atom stereocenters. The van der Waals surface area contributed by atoms with Crippen LogP contribution in [0.25, 0.3) is 0 Å². The number of anilines is 2. The van der Waals surface area contributed by atoms with Crippen molar-refractivity contribution in [3.05, 3.63) is 117 Å². The molecule has 4 aromatic rings. The molecule has 2 fully saturated rings. The lowest BCUT2D eigenvalue weighted by Gasteiger charge is -2.32. The molecule has 0 unspecified atom stereocenters. The third-order valence-electron chi connectivity index (χ3n) is 8.20. The zero-order valence-corrected chi connectivity index (χ0v) is 29.6. The zero-order chi connectivity index (χ0) is 32.9. The third kappa shape index (κ3) is 14.5. The SMILES string of the molecule is O=CCCc1ccccc1.O=c1[nH]ccnc1NC1CCN(CCCc2ccccc2)CC1.O=c1[nH]ccnc1NC1CCNCC1.[I-]. The lowest BCUT2D eigenvalue weighted by molar-refractivity contribution is -0.107. The van der Waals surface area contributed by atoms with Gasteiger partial charge in [-0.25, -0.2) is 9.97 Å². The number of hydrogen-bond donors (Lipinski definition) is 5. The normalized spacial score (nSPS) is 15.0. The number of rotatable bonds is 11. The Morgan fingerprint density at radius 1 is 0.729 bits per heavy atom. The van der Waals surface area contributed by atoms with E-state index in [1.54, 1.807) is 18.6 Å². The molecule has 258 valence electrons. The summed E-state index contributed by atoms with van der Waals surface area (Å²) in [4.78, 5) is 48.8. The van der Waals surface area contributed by atoms with Gasteiger partial charge < -0.3 is 59.6 Å². The first-order chi connectivity index (χ1) is 23.1. The number of nitrogens with zero attached hydrogens (tertiary/aromatic N) is 3. The number of nitrogens with one attached hydrogen (secondary N) is 5. The number of hydrogen-bond acceptors (Lipinski definition) is 9. The molecule has 2 aromatic carbocycles. The van der Waals surface area contributed by atoms with Crippen molar-refractivity contribution in [1.29, 1.82) is 0 Å². The molecular weight excluding hydrogens is 719 g/mol. The summed E-state index contributed by atoms with van der Waals surface area (Å²) < 4.78 is 0. The Balaban J connectivity index is 0.000000213. The van der Waals surface area contributed by atoms with Crippen molar-refractivity contribution < 1.29 is 28.8 Å². The van der Waals surface area contributed by atoms with E-state index in [9.17, 15) is 14.4 Å². The lowest BCUT2D eigenvalue weighted by Crippen LogP contribution is -3.00. The number of aldehydes is 1. The average molecular weight is 768 g/mol. The highest BCUT2D eigenvalue weighted by Crippen LogP contribution is 2.14. The van der Waals surface area contributed by atoms with Crippen LogP contribution in [0, 0.1) is 0 Å². The maximum absolute atomic E-state index is 11.6. The van der Waals surface area contributed by atoms with Gasteiger partial charge in [0.1, 0.15) is 6.29 Å². The summed E-state index contributed by atoms with van der Waals surface area (Å²) in [6.45, 7) is 5.31. The van der Waals surface area contributed by atoms with Gasteiger partial charge >= 0.3 is 0 Å². The van der Waals surface area contributed by atoms with E-state index < -0.39 is 0 Å². The van der Waals surface area contributed by atoms with Gasteiger partial charge in [-0.1, -0.05) is 60.7 Å². The molecule has 0 bridgehead atoms. The topological polar surface area (TPSA) is 148 Å². The Morgan fingerprint density at radius 3 is 1.73 bits per heavy atom. The molecular formula is C36H48IN8O3-. The van der Waals surface area contributed by atoms with E-state index in [0.29, 0.717) is 30.1 Å². The molecule has 2 saturated heterocycles. The van der Waals surface area contributed by atoms with Crippen molar-refractivity contribution >= 4 is 17.9 Å². The maximum atomic E-state index is 11.6. The molecule has 2 aliphatic heterocycles. The average Bonchev–Trinajstić information content (AvgIpc) is 3.12. The highest BCUT2D eigenvalue weighted by Gasteiger charge is 2.19. The van der Waals surface area contributed by atoms with E-state index in [4.69, 9.17) is 0 Å². The van der Waals surface area contributed by atoms with Crippen LogP contribution in [0.5, 0.6) is 0 Å². The molecule has 0 saturated carbocycles. The fourth-order valence-electron chi connectivity index (χ4n) is 5.58. The van der Waals surface area contributed by atoms with Crippen LogP contribution >= 0.6 is 0 Å². The van der Waals surface area contributed by atoms with Crippen LogP contribution in [0.1, 0.15) is 49.7 Å². The number of likely N-dealkylation sites (tertiary alicyclic amines) is 1. The zero-order valence-electron chi connectivity index (χ0n) is 27.5. The summed E-state index contributed by atoms with van der Waals surface area (Å²) in [5, 5.41) is 9.69. The summed E-state index contributed by atoms with van der Waals surface area (Å²) in [7, 11) is 0. The second kappa shape index (κ2) is 22.6. The van der Waals surface area contributed by atoms with Crippen LogP contribution < -0.4 is 51.0 Å². The molecule has 0 spiro atoms. The summed E-state index contributed by atoms with van der Waals surface area (Å²) in [5.41, 5.74) is 2.36. The Morgan fingerprint density at radius 2 is 1.23 bits per heavy atom. The first-order valence-electron chi connectivity index (χ1n) is 16.7. The highest BCUT2D eigenvalue weighted by molar-refractivity contribution is 5.50. The molecule has 11 nitrogen and oxygen atoms in total. The molecule has 48 heavy (non-hydrogen) atoms. The van der Waals surface area contributed by atoms with Gasteiger partial charge in [-0.15, -0.1) is 0 Å². The quantitative estimate of drug-likeness (QED) is 0.112. The molecule has 0 amide bonds. The van der Waals surface area contributed by atoms with Crippen LogP contribution in [0.2, 0.25) is 0 Å². The minimum absolute atomic E-state index is 0. The molecule has 0 aliphatic carbocycles. The summed E-state index contributed by atoms with van der Waals surface area (Å²) in [6.07, 6.45) is 15.3. The molecule has 2 aliphatic rings. The summed E-state index contributed by atoms with van der Waals surface area (Å²) in [6, 6.07) is 21.4. The fourth-order valence-corrected chi connectivity index (χ4v) is 5.58. The number of carbonyl (C=O) groups excluding carboxylic acids is 1. The summed E-state index contributed by atoms with van der Waals surface area (Å²) in [5.74, 6) is 0.870. The van der Waals surface area contributed by atoms with Gasteiger partial charge in [-0.05, 0) is 75.7 Å². The largest absolute Gasteiger partial charge is 1.00 e. The van der Waals surface area contributed by atoms with E-state index in [2.05, 4.69) is 71.1 Å². The first kappa shape index (κ1) is 38.6. The van der Waals surface area contributed by atoms with E-state index in [1.165, 1.54) is 23.7 Å². The van der Waals surface area contributed by atoms with Gasteiger partial charge in [0.15, 0.2) is 11.6 Å². The number of halogens is 1. The van der Waals surface area contributed by atoms with Crippen LogP contribution in [0.4, 0.5) is 11.6 Å². The summed E-state index contributed by atoms with van der Waals surface area (Å²) >= 11 is 0. The van der Waals surface area contributed by atoms with Gasteiger partial charge in [0, 0.05) is 56.4 Å². The fraction of sp³-hybridized carbons (Fsp3) is 0.417. The molecule has 0 radical (unpaired) electrons. The van der Waals surface area contributed by atoms with Crippen molar-refractivity contribution in [2.45, 2.75) is 63.5 Å². The van der Waals surface area contributed by atoms with Gasteiger partial charge in [0.2, 0.25) is 0 Å². The maximum Gasteiger partial charge on any atom is 0.290 e. The van der Waals surface area contributed by atoms with E-state index in [0.717, 1.165) is 77.5 Å². The second-order valence-electron chi connectivity index (χ2n) is 11.7. The van der Waals surface area contributed by atoms with E-state index in [1.807, 2.05) is 30.3 Å². The van der Waals surface area contributed by atoms with Crippen LogP contribution in [-0.4, -0.2) is 75.9 Å². The minimum Gasteiger partial charge on any atom is -1.00 e. The van der Waals surface area contributed by atoms with Crippen molar-refractivity contribution in [3.8, 4) is 0 Å². The molecule has 6 rings (SSSR count). The predicted octanol–water partition coefficient (Wildman–Crippen LogP) is 1.03. The number of aromatic amines is 2. The number of H-pyrrole nitrogens is 2. The number of aromatic nitrogens is 4. The predicted molar refractivity (Wildman–Crippen MR) is 188 cm³/mol. The molecule has 2 aromatic heterocycles. The number of carbonyl (C=O) groups is 1. The van der Waals surface area contributed by atoms with Crippen molar-refractivity contribution in [3.63, 3.8) is 0 Å². The monoisotopic (exact) mass is 767 g/mol. The number of benzene rings is 2. The molecule has 5 N–H and O–H groups in total. The third-order valence-corrected chi connectivity index (χ3v) is 8.20. The smallest absolute Gasteiger partial charge is 0.290 e. The lowest BCUT2D eigenvalue weighted by atomic mass is 10.0. The number of piperidine rings is 2. The Labute approximate surface area is 299 Å². The Hall–Kier alpha value is -3.88. The highest BCUT2D eigenvalue weighted by atomic mass is 127. The van der Waals surface area contributed by atoms with Crippen molar-refractivity contribution in [2.75, 3.05) is 43.4 Å². The minimum atomic E-state index is -0.147. The first-order valence-corrected chi connectivity index (χ1v) is 16.7. The van der Waals surface area contributed by atoms with Crippen LogP contribution in [-0.2, 0) is 17.6 Å². The van der Waals surface area contributed by atoms with Crippen molar-refractivity contribution in [1.82, 2.24) is 30.2 Å². The van der Waals surface area contributed by atoms with Crippen molar-refractivity contribution in [2.24, 2.45) is 0 Å². The van der Waals surface area contributed by atoms with Gasteiger partial charge in [0.05, 0.1) is 0 Å². The van der Waals surface area contributed by atoms with E-state index >= 15 is 0 Å². The molecule has 4 heterocycles. The Bertz CT molecular complexity index is 1540. The second-order valence-corrected chi connectivity index (χ2v) is 11.7. The van der Waals surface area contributed by atoms with Gasteiger partial charge in [-0.2, -0.15) is 0 Å². The van der Waals surface area contributed by atoms with Crippen LogP contribution in [0.15, 0.2) is 95.0 Å². The molecule has 12 heteroatoms. The standard InChI is InChI=1S/C18H24N4O.C9H14N4O.C9H10O.HI/c23-18-17(19-10-11-20-18)21-16-8-13-22(14-9-16)12-4-7-15-5-2-1-3-6-15;14-9-8(11-5-6-12-9)13-7-1-3-10-4-2-7;10-8-4-7-9-5-2-1-3-6-9;/h1-3,5-6,10-11,16H,4,7-9,12-14H2,(H,19,21)(H,20,23);5-7,10H,1-4H2,(H,11,13)(H,12,14);1-3,5-6,8H,4,7H2;1H/p-1. The number of aryl methyl sites for hydroxylation is 2. The Kier molecular flexibility index (Phi) is 18.2. The van der Waals surface area contributed by atoms with Gasteiger partial charge in [0.25, 0.3) is 11.1 Å². The van der Waals surface area contributed by atoms with Gasteiger partial charge in [-0.3, -0.25) is 9.59 Å².